The van der Waals surface area contributed by atoms with Gasteiger partial charge in [0.05, 0.1) is 11.9 Å². The van der Waals surface area contributed by atoms with Crippen LogP contribution >= 0.6 is 0 Å². The van der Waals surface area contributed by atoms with Crippen LogP contribution < -0.4 is 15.8 Å². The average Bonchev–Trinajstić information content (AvgIpc) is 2.73. The third-order valence-corrected chi connectivity index (χ3v) is 4.31. The monoisotopic (exact) mass is 383 g/mol. The number of piperazine rings is 1. The van der Waals surface area contributed by atoms with Crippen molar-refractivity contribution in [1.29, 1.82) is 0 Å². The maximum absolute atomic E-state index is 12.3. The summed E-state index contributed by atoms with van der Waals surface area (Å²) in [5, 5.41) is 2.78. The molecule has 1 aromatic carbocycles. The first kappa shape index (κ1) is 19.2. The van der Waals surface area contributed by atoms with Crippen molar-refractivity contribution in [3.05, 3.63) is 54.4 Å². The molecule has 0 aliphatic carbocycles. The molecule has 9 heteroatoms. The second kappa shape index (κ2) is 8.85. The molecule has 1 aliphatic rings. The van der Waals surface area contributed by atoms with Crippen molar-refractivity contribution in [2.24, 2.45) is 5.73 Å². The maximum Gasteiger partial charge on any atom is 0.322 e. The van der Waals surface area contributed by atoms with Crippen LogP contribution in [0.3, 0.4) is 0 Å². The Kier molecular flexibility index (Phi) is 6.05. The Morgan fingerprint density at radius 1 is 1.07 bits per heavy atom. The molecule has 28 heavy (non-hydrogen) atoms. The van der Waals surface area contributed by atoms with E-state index in [1.165, 1.54) is 6.07 Å². The lowest BCUT2D eigenvalue weighted by Crippen LogP contribution is -2.52. The summed E-state index contributed by atoms with van der Waals surface area (Å²) < 4.78 is 5.47. The summed E-state index contributed by atoms with van der Waals surface area (Å²) in [5.74, 6) is -0.339. The molecule has 3 rings (SSSR count). The van der Waals surface area contributed by atoms with Gasteiger partial charge in [-0.15, -0.1) is 0 Å². The number of nitrogens with zero attached hydrogens (tertiary/aromatic N) is 3. The van der Waals surface area contributed by atoms with E-state index in [9.17, 15) is 14.4 Å². The van der Waals surface area contributed by atoms with Crippen LogP contribution in [0.15, 0.2) is 48.8 Å². The van der Waals surface area contributed by atoms with Crippen molar-refractivity contribution in [1.82, 2.24) is 14.8 Å². The summed E-state index contributed by atoms with van der Waals surface area (Å²) in [6, 6.07) is 9.64. The molecule has 3 N–H and O–H groups in total. The maximum atomic E-state index is 12.3. The third kappa shape index (κ3) is 4.97. The van der Waals surface area contributed by atoms with E-state index in [0.29, 0.717) is 43.2 Å². The van der Waals surface area contributed by atoms with Crippen LogP contribution in [0.5, 0.6) is 5.75 Å². The number of primary amides is 1. The number of anilines is 1. The molecule has 0 spiro atoms. The summed E-state index contributed by atoms with van der Waals surface area (Å²) in [5.41, 5.74) is 6.17. The number of hydrogen-bond donors (Lipinski definition) is 2. The van der Waals surface area contributed by atoms with Gasteiger partial charge in [0.1, 0.15) is 5.75 Å². The zero-order chi connectivity index (χ0) is 19.9. The van der Waals surface area contributed by atoms with Gasteiger partial charge in [-0.05, 0) is 30.3 Å². The molecule has 146 valence electrons. The van der Waals surface area contributed by atoms with Crippen molar-refractivity contribution in [2.45, 2.75) is 0 Å². The number of ether oxygens (including phenoxy) is 1. The Morgan fingerprint density at radius 3 is 2.50 bits per heavy atom. The Labute approximate surface area is 162 Å². The first-order valence-electron chi connectivity index (χ1n) is 8.79. The number of carbonyl (C=O) groups is 3. The van der Waals surface area contributed by atoms with Gasteiger partial charge in [-0.3, -0.25) is 14.6 Å². The first-order valence-corrected chi connectivity index (χ1v) is 8.79. The van der Waals surface area contributed by atoms with Gasteiger partial charge in [0.15, 0.2) is 6.61 Å². The minimum atomic E-state index is -0.558. The molecule has 1 aromatic heterocycles. The van der Waals surface area contributed by atoms with E-state index in [4.69, 9.17) is 10.5 Å². The largest absolute Gasteiger partial charge is 0.484 e. The standard InChI is InChI=1S/C19H21N5O4/c20-18(26)14-3-1-5-16(11-14)28-13-17(25)23-7-9-24(10-8-23)19(27)22-15-4-2-6-21-12-15/h1-6,11-12H,7-10,13H2,(H2,20,26)(H,22,27). The zero-order valence-corrected chi connectivity index (χ0v) is 15.2. The van der Waals surface area contributed by atoms with Gasteiger partial charge in [-0.25, -0.2) is 4.79 Å². The fraction of sp³-hybridized carbons (Fsp3) is 0.263. The molecule has 0 saturated carbocycles. The molecular weight excluding hydrogens is 362 g/mol. The summed E-state index contributed by atoms with van der Waals surface area (Å²) >= 11 is 0. The summed E-state index contributed by atoms with van der Waals surface area (Å²) in [7, 11) is 0. The van der Waals surface area contributed by atoms with E-state index in [0.717, 1.165) is 0 Å². The third-order valence-electron chi connectivity index (χ3n) is 4.31. The predicted octanol–water partition coefficient (Wildman–Crippen LogP) is 0.936. The number of aromatic nitrogens is 1. The highest BCUT2D eigenvalue weighted by Gasteiger charge is 2.24. The Morgan fingerprint density at radius 2 is 1.82 bits per heavy atom. The van der Waals surface area contributed by atoms with Crippen LogP contribution in [0.2, 0.25) is 0 Å². The Bertz CT molecular complexity index is 850. The number of benzene rings is 1. The van der Waals surface area contributed by atoms with Gasteiger partial charge in [0.2, 0.25) is 5.91 Å². The van der Waals surface area contributed by atoms with Crippen LogP contribution in [-0.4, -0.2) is 65.4 Å². The number of carbonyl (C=O) groups excluding carboxylic acids is 3. The van der Waals surface area contributed by atoms with Gasteiger partial charge >= 0.3 is 6.03 Å². The van der Waals surface area contributed by atoms with E-state index in [-0.39, 0.29) is 18.5 Å². The molecule has 0 bridgehead atoms. The number of rotatable bonds is 5. The lowest BCUT2D eigenvalue weighted by atomic mass is 10.2. The van der Waals surface area contributed by atoms with E-state index in [1.54, 1.807) is 52.5 Å². The van der Waals surface area contributed by atoms with Crippen molar-refractivity contribution < 1.29 is 19.1 Å². The molecule has 0 unspecified atom stereocenters. The van der Waals surface area contributed by atoms with Crippen LogP contribution in [0, 0.1) is 0 Å². The quantitative estimate of drug-likeness (QED) is 0.797. The first-order chi connectivity index (χ1) is 13.5. The molecule has 9 nitrogen and oxygen atoms in total. The molecule has 4 amide bonds. The van der Waals surface area contributed by atoms with E-state index in [2.05, 4.69) is 10.3 Å². The fourth-order valence-corrected chi connectivity index (χ4v) is 2.77. The van der Waals surface area contributed by atoms with Gasteiger partial charge < -0.3 is 25.6 Å². The van der Waals surface area contributed by atoms with Gasteiger partial charge in [-0.2, -0.15) is 0 Å². The summed E-state index contributed by atoms with van der Waals surface area (Å²) in [4.78, 5) is 43.0. The summed E-state index contributed by atoms with van der Waals surface area (Å²) in [6.45, 7) is 1.54. The van der Waals surface area contributed by atoms with E-state index < -0.39 is 5.91 Å². The highest BCUT2D eigenvalue weighted by molar-refractivity contribution is 5.93. The van der Waals surface area contributed by atoms with Crippen LogP contribution in [0.1, 0.15) is 10.4 Å². The smallest absolute Gasteiger partial charge is 0.322 e. The van der Waals surface area contributed by atoms with Crippen LogP contribution in [-0.2, 0) is 4.79 Å². The lowest BCUT2D eigenvalue weighted by Gasteiger charge is -2.34. The molecule has 1 saturated heterocycles. The topological polar surface area (TPSA) is 118 Å². The molecule has 0 atom stereocenters. The SMILES string of the molecule is NC(=O)c1cccc(OCC(=O)N2CCN(C(=O)Nc3cccnc3)CC2)c1. The Hall–Kier alpha value is -3.62. The molecule has 0 radical (unpaired) electrons. The average molecular weight is 383 g/mol. The van der Waals surface area contributed by atoms with E-state index in [1.807, 2.05) is 0 Å². The van der Waals surface area contributed by atoms with Crippen LogP contribution in [0.4, 0.5) is 10.5 Å². The molecule has 1 aliphatic heterocycles. The molecule has 2 aromatic rings. The van der Waals surface area contributed by atoms with Gasteiger partial charge in [-0.1, -0.05) is 6.07 Å². The second-order valence-corrected chi connectivity index (χ2v) is 6.22. The van der Waals surface area contributed by atoms with E-state index >= 15 is 0 Å². The van der Waals surface area contributed by atoms with Crippen molar-refractivity contribution >= 4 is 23.5 Å². The highest BCUT2D eigenvalue weighted by atomic mass is 16.5. The number of amides is 4. The number of nitrogens with two attached hydrogens (primary N) is 1. The van der Waals surface area contributed by atoms with Gasteiger partial charge in [0.25, 0.3) is 5.91 Å². The lowest BCUT2D eigenvalue weighted by molar-refractivity contribution is -0.134. The van der Waals surface area contributed by atoms with Gasteiger partial charge in [0, 0.05) is 37.9 Å². The molecular formula is C19H21N5O4. The Balaban J connectivity index is 1.45. The molecule has 2 heterocycles. The minimum absolute atomic E-state index is 0.149. The number of urea groups is 1. The normalized spacial score (nSPS) is 13.7. The highest BCUT2D eigenvalue weighted by Crippen LogP contribution is 2.13. The number of hydrogen-bond acceptors (Lipinski definition) is 5. The molecule has 1 fully saturated rings. The number of nitrogens with one attached hydrogen (secondary N) is 1. The minimum Gasteiger partial charge on any atom is -0.484 e. The zero-order valence-electron chi connectivity index (χ0n) is 15.2. The van der Waals surface area contributed by atoms with Crippen LogP contribution in [0.25, 0.3) is 0 Å². The summed E-state index contributed by atoms with van der Waals surface area (Å²) in [6.07, 6.45) is 3.20. The second-order valence-electron chi connectivity index (χ2n) is 6.22. The van der Waals surface area contributed by atoms with Crippen molar-refractivity contribution in [2.75, 3.05) is 38.1 Å². The number of pyridine rings is 1. The fourth-order valence-electron chi connectivity index (χ4n) is 2.77. The van der Waals surface area contributed by atoms with Crippen molar-refractivity contribution in [3.63, 3.8) is 0 Å². The van der Waals surface area contributed by atoms with Crippen molar-refractivity contribution in [3.8, 4) is 5.75 Å². The predicted molar refractivity (Wildman–Crippen MR) is 102 cm³/mol.